The Bertz CT molecular complexity index is 1000. The summed E-state index contributed by atoms with van der Waals surface area (Å²) < 4.78 is 5.23. The number of carbonyl (C=O) groups is 2. The van der Waals surface area contributed by atoms with Gasteiger partial charge >= 0.3 is 5.97 Å². The molecule has 0 spiro atoms. The molecule has 0 bridgehead atoms. The summed E-state index contributed by atoms with van der Waals surface area (Å²) in [6.07, 6.45) is -0.954. The Morgan fingerprint density at radius 1 is 1.04 bits per heavy atom. The lowest BCUT2D eigenvalue weighted by atomic mass is 10.1. The van der Waals surface area contributed by atoms with Crippen molar-refractivity contribution in [1.82, 2.24) is 4.98 Å². The average Bonchev–Trinajstić information content (AvgIpc) is 2.61. The summed E-state index contributed by atoms with van der Waals surface area (Å²) >= 11 is 0. The van der Waals surface area contributed by atoms with Gasteiger partial charge < -0.3 is 9.72 Å². The van der Waals surface area contributed by atoms with Crippen molar-refractivity contribution < 1.29 is 14.3 Å². The van der Waals surface area contributed by atoms with Gasteiger partial charge in [0.1, 0.15) is 5.69 Å². The van der Waals surface area contributed by atoms with Crippen LogP contribution in [0.25, 0.3) is 10.9 Å². The number of hydrogen-bond acceptors (Lipinski definition) is 4. The molecular formula is C20H17NO4. The molecule has 3 rings (SSSR count). The van der Waals surface area contributed by atoms with E-state index in [-0.39, 0.29) is 16.9 Å². The number of aromatic amines is 1. The number of aryl methyl sites for hydroxylation is 1. The Kier molecular flexibility index (Phi) is 4.48. The first-order valence-corrected chi connectivity index (χ1v) is 7.89. The quantitative estimate of drug-likeness (QED) is 0.586. The van der Waals surface area contributed by atoms with Gasteiger partial charge in [-0.25, -0.2) is 4.79 Å². The Morgan fingerprint density at radius 2 is 1.72 bits per heavy atom. The average molecular weight is 335 g/mol. The van der Waals surface area contributed by atoms with E-state index in [1.165, 1.54) is 13.0 Å². The number of fused-ring (bicyclic) bond motifs is 1. The first-order valence-electron chi connectivity index (χ1n) is 7.89. The number of ether oxygens (including phenoxy) is 1. The van der Waals surface area contributed by atoms with Crippen LogP contribution in [0.5, 0.6) is 0 Å². The third kappa shape index (κ3) is 3.50. The maximum atomic E-state index is 12.4. The molecule has 126 valence electrons. The van der Waals surface area contributed by atoms with Gasteiger partial charge in [0.2, 0.25) is 5.78 Å². The molecule has 0 saturated heterocycles. The first-order chi connectivity index (χ1) is 12.0. The summed E-state index contributed by atoms with van der Waals surface area (Å²) in [6.45, 7) is 3.44. The summed E-state index contributed by atoms with van der Waals surface area (Å²) in [7, 11) is 0. The number of hydrogen-bond donors (Lipinski definition) is 1. The van der Waals surface area contributed by atoms with Gasteiger partial charge in [0.15, 0.2) is 11.5 Å². The van der Waals surface area contributed by atoms with Gasteiger partial charge in [-0.1, -0.05) is 42.0 Å². The van der Waals surface area contributed by atoms with Crippen LogP contribution in [0, 0.1) is 6.92 Å². The SMILES string of the molecule is Cc1ccc(C(=O)[C@H](C)OC(=O)c2cc(=O)c3ccccc3[nH]2)cc1. The number of pyridine rings is 1. The molecule has 0 unspecified atom stereocenters. The second kappa shape index (κ2) is 6.73. The van der Waals surface area contributed by atoms with Crippen molar-refractivity contribution >= 4 is 22.7 Å². The number of H-pyrrole nitrogens is 1. The van der Waals surface area contributed by atoms with Crippen LogP contribution in [0.1, 0.15) is 33.3 Å². The van der Waals surface area contributed by atoms with E-state index in [1.54, 1.807) is 36.4 Å². The van der Waals surface area contributed by atoms with Crippen molar-refractivity contribution in [3.63, 3.8) is 0 Å². The van der Waals surface area contributed by atoms with Crippen LogP contribution in [0.3, 0.4) is 0 Å². The third-order valence-corrected chi connectivity index (χ3v) is 3.95. The molecule has 5 heteroatoms. The van der Waals surface area contributed by atoms with E-state index < -0.39 is 12.1 Å². The molecule has 3 aromatic rings. The molecule has 25 heavy (non-hydrogen) atoms. The predicted molar refractivity (Wildman–Crippen MR) is 95.0 cm³/mol. The number of nitrogens with one attached hydrogen (secondary N) is 1. The predicted octanol–water partition coefficient (Wildman–Crippen LogP) is 3.26. The molecule has 0 aliphatic rings. The zero-order valence-corrected chi connectivity index (χ0v) is 13.9. The minimum absolute atomic E-state index is 0.0206. The molecular weight excluding hydrogens is 318 g/mol. The van der Waals surface area contributed by atoms with E-state index >= 15 is 0 Å². The van der Waals surface area contributed by atoms with Gasteiger partial charge in [0.25, 0.3) is 0 Å². The van der Waals surface area contributed by atoms with Crippen molar-refractivity contribution in [2.75, 3.05) is 0 Å². The van der Waals surface area contributed by atoms with Gasteiger partial charge in [-0.2, -0.15) is 0 Å². The van der Waals surface area contributed by atoms with E-state index in [0.717, 1.165) is 5.56 Å². The fourth-order valence-corrected chi connectivity index (χ4v) is 2.54. The van der Waals surface area contributed by atoms with Crippen molar-refractivity contribution in [2.24, 2.45) is 0 Å². The molecule has 0 aliphatic heterocycles. The maximum Gasteiger partial charge on any atom is 0.355 e. The van der Waals surface area contributed by atoms with Crippen LogP contribution < -0.4 is 5.43 Å². The Morgan fingerprint density at radius 3 is 2.44 bits per heavy atom. The van der Waals surface area contributed by atoms with E-state index in [9.17, 15) is 14.4 Å². The van der Waals surface area contributed by atoms with E-state index in [4.69, 9.17) is 4.74 Å². The lowest BCUT2D eigenvalue weighted by Gasteiger charge is -2.13. The van der Waals surface area contributed by atoms with Gasteiger partial charge in [0, 0.05) is 22.5 Å². The molecule has 1 atom stereocenters. The van der Waals surface area contributed by atoms with Gasteiger partial charge in [-0.3, -0.25) is 9.59 Å². The van der Waals surface area contributed by atoms with Crippen LogP contribution in [-0.4, -0.2) is 22.8 Å². The normalized spacial score (nSPS) is 11.9. The standard InChI is InChI=1S/C20H17NO4/c1-12-7-9-14(10-8-12)19(23)13(2)25-20(24)17-11-18(22)15-5-3-4-6-16(15)21-17/h3-11,13H,1-2H3,(H,21,22)/t13-/m0/s1. The molecule has 0 radical (unpaired) electrons. The van der Waals surface area contributed by atoms with E-state index in [0.29, 0.717) is 16.5 Å². The lowest BCUT2D eigenvalue weighted by Crippen LogP contribution is -2.25. The van der Waals surface area contributed by atoms with Gasteiger partial charge in [-0.15, -0.1) is 0 Å². The minimum Gasteiger partial charge on any atom is -0.450 e. The number of Topliss-reactive ketones (excluding diaryl/α,β-unsaturated/α-hetero) is 1. The molecule has 2 aromatic carbocycles. The third-order valence-electron chi connectivity index (χ3n) is 3.95. The molecule has 0 fully saturated rings. The fraction of sp³-hybridized carbons (Fsp3) is 0.150. The Labute approximate surface area is 144 Å². The van der Waals surface area contributed by atoms with Gasteiger partial charge in [0.05, 0.1) is 0 Å². The van der Waals surface area contributed by atoms with Crippen molar-refractivity contribution in [3.05, 3.63) is 81.6 Å². The summed E-state index contributed by atoms with van der Waals surface area (Å²) in [5, 5.41) is 0.489. The van der Waals surface area contributed by atoms with E-state index in [2.05, 4.69) is 4.98 Å². The zero-order valence-electron chi connectivity index (χ0n) is 13.9. The topological polar surface area (TPSA) is 76.2 Å². The highest BCUT2D eigenvalue weighted by Gasteiger charge is 2.21. The molecule has 0 saturated carbocycles. The Balaban J connectivity index is 1.81. The van der Waals surface area contributed by atoms with Gasteiger partial charge in [-0.05, 0) is 26.0 Å². The highest BCUT2D eigenvalue weighted by Crippen LogP contribution is 2.12. The number of ketones is 1. The Hall–Kier alpha value is -3.21. The second-order valence-corrected chi connectivity index (χ2v) is 5.87. The molecule has 1 N–H and O–H groups in total. The number of esters is 1. The zero-order chi connectivity index (χ0) is 18.0. The van der Waals surface area contributed by atoms with Crippen LogP contribution in [-0.2, 0) is 4.74 Å². The number of para-hydroxylation sites is 1. The highest BCUT2D eigenvalue weighted by atomic mass is 16.5. The summed E-state index contributed by atoms with van der Waals surface area (Å²) in [5.41, 5.74) is 1.79. The van der Waals surface area contributed by atoms with Crippen LogP contribution >= 0.6 is 0 Å². The van der Waals surface area contributed by atoms with Crippen LogP contribution in [0.2, 0.25) is 0 Å². The van der Waals surface area contributed by atoms with Crippen molar-refractivity contribution in [2.45, 2.75) is 20.0 Å². The lowest BCUT2D eigenvalue weighted by molar-refractivity contribution is 0.0313. The number of rotatable bonds is 4. The maximum absolute atomic E-state index is 12.4. The first kappa shape index (κ1) is 16.6. The van der Waals surface area contributed by atoms with Crippen molar-refractivity contribution in [1.29, 1.82) is 0 Å². The van der Waals surface area contributed by atoms with Crippen LogP contribution in [0.4, 0.5) is 0 Å². The molecule has 0 aliphatic carbocycles. The number of carbonyl (C=O) groups excluding carboxylic acids is 2. The molecule has 0 amide bonds. The van der Waals surface area contributed by atoms with Crippen molar-refractivity contribution in [3.8, 4) is 0 Å². The minimum atomic E-state index is -0.954. The molecule has 5 nitrogen and oxygen atoms in total. The van der Waals surface area contributed by atoms with E-state index in [1.807, 2.05) is 19.1 Å². The summed E-state index contributed by atoms with van der Waals surface area (Å²) in [4.78, 5) is 39.6. The highest BCUT2D eigenvalue weighted by molar-refractivity contribution is 6.01. The monoisotopic (exact) mass is 335 g/mol. The number of benzene rings is 2. The number of aromatic nitrogens is 1. The largest absolute Gasteiger partial charge is 0.450 e. The second-order valence-electron chi connectivity index (χ2n) is 5.87. The molecule has 1 aromatic heterocycles. The molecule has 1 heterocycles. The summed E-state index contributed by atoms with van der Waals surface area (Å²) in [6, 6.07) is 15.1. The summed E-state index contributed by atoms with van der Waals surface area (Å²) in [5.74, 6) is -1.03. The smallest absolute Gasteiger partial charge is 0.355 e. The fourth-order valence-electron chi connectivity index (χ4n) is 2.54. The van der Waals surface area contributed by atoms with Crippen LogP contribution in [0.15, 0.2) is 59.4 Å².